The van der Waals surface area contributed by atoms with Crippen LogP contribution in [0.2, 0.25) is 0 Å². The molecule has 290 valence electrons. The molecule has 0 atom stereocenters. The number of hydrogen-bond acceptors (Lipinski definition) is 4. The predicted molar refractivity (Wildman–Crippen MR) is 254 cm³/mol. The normalized spacial score (nSPS) is 11.5. The highest BCUT2D eigenvalue weighted by molar-refractivity contribution is 6.17. The van der Waals surface area contributed by atoms with Crippen molar-refractivity contribution in [2.75, 3.05) is 0 Å². The van der Waals surface area contributed by atoms with Crippen molar-refractivity contribution in [2.45, 2.75) is 0 Å². The molecule has 0 saturated carbocycles. The minimum atomic E-state index is 0.576. The van der Waals surface area contributed by atoms with Crippen molar-refractivity contribution < 1.29 is 4.42 Å². The molecule has 0 unspecified atom stereocenters. The molecule has 0 amide bonds. The molecule has 0 aliphatic carbocycles. The van der Waals surface area contributed by atoms with E-state index in [0.29, 0.717) is 17.5 Å². The molecule has 5 heteroatoms. The summed E-state index contributed by atoms with van der Waals surface area (Å²) in [6.45, 7) is 0. The van der Waals surface area contributed by atoms with E-state index in [4.69, 9.17) is 19.4 Å². The van der Waals surface area contributed by atoms with Crippen LogP contribution < -0.4 is 0 Å². The molecule has 0 radical (unpaired) electrons. The summed E-state index contributed by atoms with van der Waals surface area (Å²) in [5.41, 5.74) is 14.3. The lowest BCUT2D eigenvalue weighted by Crippen LogP contribution is -2.00. The number of hydrogen-bond donors (Lipinski definition) is 0. The van der Waals surface area contributed by atoms with Crippen molar-refractivity contribution in [1.82, 2.24) is 19.5 Å². The first kappa shape index (κ1) is 35.5. The van der Waals surface area contributed by atoms with Gasteiger partial charge in [0.15, 0.2) is 17.5 Å². The van der Waals surface area contributed by atoms with Crippen LogP contribution >= 0.6 is 0 Å². The van der Waals surface area contributed by atoms with E-state index in [1.165, 1.54) is 16.3 Å². The highest BCUT2D eigenvalue weighted by atomic mass is 16.3. The fourth-order valence-electron chi connectivity index (χ4n) is 8.89. The van der Waals surface area contributed by atoms with Crippen LogP contribution in [-0.4, -0.2) is 19.5 Å². The molecule has 3 aromatic heterocycles. The summed E-state index contributed by atoms with van der Waals surface area (Å²) in [6.07, 6.45) is 0. The topological polar surface area (TPSA) is 56.7 Å². The van der Waals surface area contributed by atoms with Crippen molar-refractivity contribution in [2.24, 2.45) is 0 Å². The van der Waals surface area contributed by atoms with Gasteiger partial charge in [0.25, 0.3) is 0 Å². The highest BCUT2D eigenvalue weighted by Gasteiger charge is 2.22. The average molecular weight is 793 g/mol. The molecule has 0 bridgehead atoms. The largest absolute Gasteiger partial charge is 0.455 e. The number of para-hydroxylation sites is 1. The Morgan fingerprint density at radius 2 is 0.823 bits per heavy atom. The molecule has 0 fully saturated rings. The zero-order valence-electron chi connectivity index (χ0n) is 33.5. The summed E-state index contributed by atoms with van der Waals surface area (Å²) in [6, 6.07) is 76.4. The number of rotatable bonds is 7. The van der Waals surface area contributed by atoms with Gasteiger partial charge in [0.1, 0.15) is 11.2 Å². The Balaban J connectivity index is 1.12. The molecule has 9 aromatic carbocycles. The van der Waals surface area contributed by atoms with Crippen molar-refractivity contribution >= 4 is 43.7 Å². The van der Waals surface area contributed by atoms with Crippen molar-refractivity contribution in [3.05, 3.63) is 218 Å². The summed E-state index contributed by atoms with van der Waals surface area (Å²) >= 11 is 0. The van der Waals surface area contributed by atoms with Gasteiger partial charge in [0.2, 0.25) is 0 Å². The number of aromatic nitrogens is 4. The Hall–Kier alpha value is -8.41. The van der Waals surface area contributed by atoms with Gasteiger partial charge in [-0.15, -0.1) is 0 Å². The fourth-order valence-corrected chi connectivity index (χ4v) is 8.89. The Labute approximate surface area is 357 Å². The third-order valence-electron chi connectivity index (χ3n) is 11.9. The molecular formula is C57H36N4O. The van der Waals surface area contributed by atoms with Crippen LogP contribution in [0.3, 0.4) is 0 Å². The Kier molecular flexibility index (Phi) is 8.42. The third kappa shape index (κ3) is 6.06. The maximum Gasteiger partial charge on any atom is 0.164 e. The quantitative estimate of drug-likeness (QED) is 0.161. The third-order valence-corrected chi connectivity index (χ3v) is 11.9. The molecule has 62 heavy (non-hydrogen) atoms. The van der Waals surface area contributed by atoms with Crippen molar-refractivity contribution in [3.63, 3.8) is 0 Å². The van der Waals surface area contributed by atoms with Gasteiger partial charge in [0, 0.05) is 38.4 Å². The second kappa shape index (κ2) is 14.7. The van der Waals surface area contributed by atoms with Gasteiger partial charge in [-0.25, -0.2) is 15.0 Å². The van der Waals surface area contributed by atoms with Crippen LogP contribution in [0.25, 0.3) is 117 Å². The van der Waals surface area contributed by atoms with Gasteiger partial charge in [-0.2, -0.15) is 0 Å². The van der Waals surface area contributed by atoms with E-state index in [1.807, 2.05) is 60.7 Å². The van der Waals surface area contributed by atoms with Gasteiger partial charge >= 0.3 is 0 Å². The average Bonchev–Trinajstić information content (AvgIpc) is 3.90. The van der Waals surface area contributed by atoms with E-state index < -0.39 is 0 Å². The molecule has 12 rings (SSSR count). The summed E-state index contributed by atoms with van der Waals surface area (Å²) in [7, 11) is 0. The lowest BCUT2D eigenvalue weighted by Gasteiger charge is -2.13. The van der Waals surface area contributed by atoms with E-state index in [1.54, 1.807) is 0 Å². The second-order valence-corrected chi connectivity index (χ2v) is 15.6. The molecule has 3 heterocycles. The SMILES string of the molecule is c1ccc(-c2cccc(-c3ccc(-n4c5ccccc5c5ccc(-c6ccccc6)cc54)c4c3oc3cc(-c5nc(-c6ccccc6)nc(-c6ccccc6)n5)ccc34)c2)cc1. The lowest BCUT2D eigenvalue weighted by molar-refractivity contribution is 0.670. The summed E-state index contributed by atoms with van der Waals surface area (Å²) < 4.78 is 9.56. The second-order valence-electron chi connectivity index (χ2n) is 15.6. The number of fused-ring (bicyclic) bond motifs is 6. The summed E-state index contributed by atoms with van der Waals surface area (Å²) in [5, 5.41) is 4.43. The fraction of sp³-hybridized carbons (Fsp3) is 0. The van der Waals surface area contributed by atoms with Gasteiger partial charge < -0.3 is 8.98 Å². The summed E-state index contributed by atoms with van der Waals surface area (Å²) in [5.74, 6) is 1.80. The van der Waals surface area contributed by atoms with Crippen LogP contribution in [0, 0.1) is 0 Å². The smallest absolute Gasteiger partial charge is 0.164 e. The van der Waals surface area contributed by atoms with Crippen molar-refractivity contribution in [3.8, 4) is 73.2 Å². The lowest BCUT2D eigenvalue weighted by atomic mass is 9.97. The molecule has 0 N–H and O–H groups in total. The molecule has 0 aliphatic heterocycles. The number of benzene rings is 9. The Bertz CT molecular complexity index is 3560. The highest BCUT2D eigenvalue weighted by Crippen LogP contribution is 2.44. The van der Waals surface area contributed by atoms with Crippen LogP contribution in [0.5, 0.6) is 0 Å². The van der Waals surface area contributed by atoms with Gasteiger partial charge in [-0.3, -0.25) is 0 Å². The molecular weight excluding hydrogens is 757 g/mol. The zero-order valence-corrected chi connectivity index (χ0v) is 33.5. The predicted octanol–water partition coefficient (Wildman–Crippen LogP) is 14.9. The molecule has 0 spiro atoms. The van der Waals surface area contributed by atoms with Crippen molar-refractivity contribution in [1.29, 1.82) is 0 Å². The Morgan fingerprint density at radius 3 is 1.48 bits per heavy atom. The van der Waals surface area contributed by atoms with E-state index in [0.717, 1.165) is 83.2 Å². The first-order valence-electron chi connectivity index (χ1n) is 20.8. The van der Waals surface area contributed by atoms with Gasteiger partial charge in [-0.1, -0.05) is 176 Å². The molecule has 0 saturated heterocycles. The van der Waals surface area contributed by atoms with E-state index in [9.17, 15) is 0 Å². The van der Waals surface area contributed by atoms with E-state index in [2.05, 4.69) is 162 Å². The van der Waals surface area contributed by atoms with Gasteiger partial charge in [-0.05, 0) is 70.3 Å². The zero-order chi connectivity index (χ0) is 41.0. The minimum Gasteiger partial charge on any atom is -0.455 e. The number of furan rings is 1. The van der Waals surface area contributed by atoms with Crippen LogP contribution in [0.1, 0.15) is 0 Å². The van der Waals surface area contributed by atoms with Crippen LogP contribution in [0.4, 0.5) is 0 Å². The maximum atomic E-state index is 7.15. The summed E-state index contributed by atoms with van der Waals surface area (Å²) in [4.78, 5) is 15.0. The molecule has 0 aliphatic rings. The van der Waals surface area contributed by atoms with E-state index >= 15 is 0 Å². The molecule has 5 nitrogen and oxygen atoms in total. The standard InChI is InChI=1S/C57H36N4O/c1-5-16-37(17-6-1)41-24-15-25-43(34-41)45-32-33-50(61-49-27-14-13-26-46(49)47-30-28-42(35-51(47)61)38-18-7-2-8-19-38)53-48-31-29-44(36-52(48)62-54(45)53)57-59-55(39-20-9-3-10-21-39)58-56(60-57)40-22-11-4-12-23-40/h1-36H. The maximum absolute atomic E-state index is 7.15. The minimum absolute atomic E-state index is 0.576. The monoisotopic (exact) mass is 792 g/mol. The number of nitrogens with zero attached hydrogens (tertiary/aromatic N) is 4. The molecule has 12 aromatic rings. The Morgan fingerprint density at radius 1 is 0.323 bits per heavy atom. The van der Waals surface area contributed by atoms with Crippen LogP contribution in [-0.2, 0) is 0 Å². The van der Waals surface area contributed by atoms with Crippen LogP contribution in [0.15, 0.2) is 223 Å². The van der Waals surface area contributed by atoms with Gasteiger partial charge in [0.05, 0.1) is 22.1 Å². The first-order valence-corrected chi connectivity index (χ1v) is 20.8. The van der Waals surface area contributed by atoms with E-state index in [-0.39, 0.29) is 0 Å². The first-order chi connectivity index (χ1) is 30.7.